The number of benzene rings is 1. The lowest BCUT2D eigenvalue weighted by Crippen LogP contribution is -1.98. The van der Waals surface area contributed by atoms with E-state index >= 15 is 0 Å². The van der Waals surface area contributed by atoms with Crippen LogP contribution in [0.3, 0.4) is 0 Å². The van der Waals surface area contributed by atoms with E-state index in [1.54, 1.807) is 14.0 Å². The van der Waals surface area contributed by atoms with Crippen LogP contribution in [0.1, 0.15) is 11.5 Å². The van der Waals surface area contributed by atoms with Gasteiger partial charge in [0.05, 0.1) is 10.7 Å². The van der Waals surface area contributed by atoms with Crippen LogP contribution in [-0.4, -0.2) is 28.4 Å². The first-order valence-corrected chi connectivity index (χ1v) is 8.84. The molecule has 0 bridgehead atoms. The van der Waals surface area contributed by atoms with E-state index in [9.17, 15) is 9.90 Å². The number of ether oxygens (including phenoxy) is 1. The molecule has 0 saturated heterocycles. The third kappa shape index (κ3) is 4.35. The number of thioether (sulfide) groups is 1. The highest BCUT2D eigenvalue weighted by atomic mass is 127. The highest BCUT2D eigenvalue weighted by Crippen LogP contribution is 2.33. The summed E-state index contributed by atoms with van der Waals surface area (Å²) in [5.41, 5.74) is 0.680. The number of nitrogens with zero attached hydrogens (tertiary/aromatic N) is 2. The van der Waals surface area contributed by atoms with Crippen molar-refractivity contribution in [3.8, 4) is 5.75 Å². The highest BCUT2D eigenvalue weighted by Gasteiger charge is 2.16. The van der Waals surface area contributed by atoms with Crippen LogP contribution >= 0.6 is 56.9 Å². The molecule has 1 heterocycles. The molecule has 2 aromatic rings. The van der Waals surface area contributed by atoms with E-state index in [0.29, 0.717) is 17.2 Å². The average molecular weight is 544 g/mol. The van der Waals surface area contributed by atoms with Crippen molar-refractivity contribution >= 4 is 69.0 Å². The van der Waals surface area contributed by atoms with Gasteiger partial charge in [-0.3, -0.25) is 0 Å². The molecule has 6 nitrogen and oxygen atoms in total. The summed E-state index contributed by atoms with van der Waals surface area (Å²) < 4.78 is 12.5. The molecule has 0 atom stereocenters. The minimum absolute atomic E-state index is 0.0692. The zero-order valence-corrected chi connectivity index (χ0v) is 16.6. The molecule has 0 aliphatic rings. The van der Waals surface area contributed by atoms with E-state index in [4.69, 9.17) is 9.15 Å². The van der Waals surface area contributed by atoms with Gasteiger partial charge in [-0.25, -0.2) is 4.79 Å². The summed E-state index contributed by atoms with van der Waals surface area (Å²) in [6.45, 7) is 1.64. The van der Waals surface area contributed by atoms with Crippen LogP contribution in [0, 0.1) is 14.1 Å². The van der Waals surface area contributed by atoms with E-state index in [1.807, 2.05) is 12.1 Å². The second-order valence-corrected chi connectivity index (χ2v) is 7.41. The van der Waals surface area contributed by atoms with E-state index < -0.39 is 5.97 Å². The lowest BCUT2D eigenvalue weighted by atomic mass is 10.2. The van der Waals surface area contributed by atoms with E-state index in [2.05, 4.69) is 55.4 Å². The SMILES string of the molecule is COc1c(I)cc(I)cc1/C=C(\Sc1nnc(C)o1)C(=O)O. The molecule has 0 aliphatic carbocycles. The second-order valence-electron chi connectivity index (χ2n) is 4.01. The fourth-order valence-electron chi connectivity index (χ4n) is 1.59. The maximum atomic E-state index is 11.5. The molecule has 1 aromatic heterocycles. The largest absolute Gasteiger partial charge is 0.495 e. The van der Waals surface area contributed by atoms with Gasteiger partial charge < -0.3 is 14.3 Å². The fourth-order valence-corrected chi connectivity index (χ4v) is 4.41. The fraction of sp³-hybridized carbons (Fsp3) is 0.154. The number of hydrogen-bond donors (Lipinski definition) is 1. The second kappa shape index (κ2) is 7.64. The Hall–Kier alpha value is -0.820. The number of carboxylic acid groups (broad SMARTS) is 1. The maximum absolute atomic E-state index is 11.5. The summed E-state index contributed by atoms with van der Waals surface area (Å²) in [6, 6.07) is 3.80. The Morgan fingerprint density at radius 2 is 2.14 bits per heavy atom. The van der Waals surface area contributed by atoms with Crippen molar-refractivity contribution in [3.63, 3.8) is 0 Å². The van der Waals surface area contributed by atoms with Gasteiger partial charge >= 0.3 is 5.97 Å². The van der Waals surface area contributed by atoms with Gasteiger partial charge in [0.15, 0.2) is 0 Å². The van der Waals surface area contributed by atoms with Crippen LogP contribution in [0.15, 0.2) is 26.7 Å². The predicted octanol–water partition coefficient (Wildman–Crippen LogP) is 3.81. The van der Waals surface area contributed by atoms with Crippen LogP contribution in [0.4, 0.5) is 0 Å². The van der Waals surface area contributed by atoms with Crippen molar-refractivity contribution in [2.45, 2.75) is 12.1 Å². The number of methoxy groups -OCH3 is 1. The maximum Gasteiger partial charge on any atom is 0.342 e. The Labute approximate surface area is 158 Å². The number of halogens is 2. The predicted molar refractivity (Wildman–Crippen MR) is 98.9 cm³/mol. The summed E-state index contributed by atoms with van der Waals surface area (Å²) in [5.74, 6) is -0.0625. The summed E-state index contributed by atoms with van der Waals surface area (Å²) in [4.78, 5) is 11.5. The Balaban J connectivity index is 2.44. The van der Waals surface area contributed by atoms with Gasteiger partial charge in [0.1, 0.15) is 10.7 Å². The molecule has 0 spiro atoms. The van der Waals surface area contributed by atoms with Crippen molar-refractivity contribution in [2.75, 3.05) is 7.11 Å². The minimum atomic E-state index is -1.07. The smallest absolute Gasteiger partial charge is 0.342 e. The molecular formula is C13H10I2N2O4S. The van der Waals surface area contributed by atoms with Gasteiger partial charge in [0.2, 0.25) is 5.89 Å². The Kier molecular flexibility index (Phi) is 6.09. The van der Waals surface area contributed by atoms with Gasteiger partial charge in [-0.05, 0) is 75.2 Å². The Bertz CT molecular complexity index is 746. The van der Waals surface area contributed by atoms with E-state index in [1.165, 1.54) is 6.08 Å². The molecular weight excluding hydrogens is 534 g/mol. The normalized spacial score (nSPS) is 11.5. The number of aryl methyl sites for hydroxylation is 1. The molecule has 9 heteroatoms. The first kappa shape index (κ1) is 17.5. The first-order valence-electron chi connectivity index (χ1n) is 5.86. The zero-order chi connectivity index (χ0) is 16.3. The van der Waals surface area contributed by atoms with Gasteiger partial charge in [0.25, 0.3) is 5.22 Å². The third-order valence-corrected chi connectivity index (χ3v) is 4.72. The van der Waals surface area contributed by atoms with Crippen molar-refractivity contribution in [1.29, 1.82) is 0 Å². The first-order chi connectivity index (χ1) is 10.4. The summed E-state index contributed by atoms with van der Waals surface area (Å²) >= 11 is 5.22. The molecule has 116 valence electrons. The molecule has 2 rings (SSSR count). The minimum Gasteiger partial charge on any atom is -0.495 e. The lowest BCUT2D eigenvalue weighted by molar-refractivity contribution is -0.131. The molecule has 0 unspecified atom stereocenters. The molecule has 0 amide bonds. The summed E-state index contributed by atoms with van der Waals surface area (Å²) in [6.07, 6.45) is 1.54. The van der Waals surface area contributed by atoms with Crippen LogP contribution in [0.25, 0.3) is 6.08 Å². The number of carbonyl (C=O) groups is 1. The molecule has 1 N–H and O–H groups in total. The van der Waals surface area contributed by atoms with Crippen LogP contribution in [0.2, 0.25) is 0 Å². The van der Waals surface area contributed by atoms with Crippen molar-refractivity contribution < 1.29 is 19.1 Å². The van der Waals surface area contributed by atoms with Crippen LogP contribution in [-0.2, 0) is 4.79 Å². The molecule has 0 saturated carbocycles. The lowest BCUT2D eigenvalue weighted by Gasteiger charge is -2.09. The third-order valence-electron chi connectivity index (χ3n) is 2.44. The van der Waals surface area contributed by atoms with E-state index in [0.717, 1.165) is 18.9 Å². The number of aromatic nitrogens is 2. The number of aliphatic carboxylic acids is 1. The number of carboxylic acids is 1. The van der Waals surface area contributed by atoms with Crippen molar-refractivity contribution in [1.82, 2.24) is 10.2 Å². The molecule has 1 aromatic carbocycles. The van der Waals surface area contributed by atoms with E-state index in [-0.39, 0.29) is 10.1 Å². The standard InChI is InChI=1S/C13H10I2N2O4S/c1-6-16-17-13(21-6)22-10(12(18)19)4-7-3-8(14)5-9(15)11(7)20-2/h3-5H,1-2H3,(H,18,19)/b10-4-. The molecule has 0 radical (unpaired) electrons. The molecule has 22 heavy (non-hydrogen) atoms. The van der Waals surface area contributed by atoms with Gasteiger partial charge in [-0.1, -0.05) is 0 Å². The summed E-state index contributed by atoms with van der Waals surface area (Å²) in [7, 11) is 1.55. The van der Waals surface area contributed by atoms with Gasteiger partial charge in [-0.15, -0.1) is 10.2 Å². The highest BCUT2D eigenvalue weighted by molar-refractivity contribution is 14.1. The molecule has 0 aliphatic heterocycles. The van der Waals surface area contributed by atoms with Gasteiger partial charge in [-0.2, -0.15) is 0 Å². The zero-order valence-electron chi connectivity index (χ0n) is 11.5. The summed E-state index contributed by atoms with van der Waals surface area (Å²) in [5, 5.41) is 17.0. The number of hydrogen-bond acceptors (Lipinski definition) is 6. The Morgan fingerprint density at radius 3 is 2.68 bits per heavy atom. The average Bonchev–Trinajstić information content (AvgIpc) is 2.83. The van der Waals surface area contributed by atoms with Gasteiger partial charge in [0, 0.05) is 16.1 Å². The molecule has 0 fully saturated rings. The topological polar surface area (TPSA) is 85.5 Å². The Morgan fingerprint density at radius 1 is 1.41 bits per heavy atom. The monoisotopic (exact) mass is 544 g/mol. The van der Waals surface area contributed by atoms with Crippen LogP contribution < -0.4 is 4.74 Å². The van der Waals surface area contributed by atoms with Crippen molar-refractivity contribution in [3.05, 3.63) is 35.6 Å². The van der Waals surface area contributed by atoms with Crippen molar-refractivity contribution in [2.24, 2.45) is 0 Å². The van der Waals surface area contributed by atoms with Crippen LogP contribution in [0.5, 0.6) is 5.75 Å². The number of rotatable bonds is 5. The quantitative estimate of drug-likeness (QED) is 0.348.